The molecule has 1 aromatic rings. The molecule has 5 nitrogen and oxygen atoms in total. The minimum atomic E-state index is -1.04. The maximum Gasteiger partial charge on any atom is 0.326 e. The van der Waals surface area contributed by atoms with E-state index in [4.69, 9.17) is 5.73 Å². The Morgan fingerprint density at radius 1 is 1.24 bits per heavy atom. The normalized spacial score (nSPS) is 14.3. The van der Waals surface area contributed by atoms with Gasteiger partial charge in [0.15, 0.2) is 0 Å². The zero-order valence-corrected chi connectivity index (χ0v) is 12.8. The molecule has 0 heterocycles. The number of nitrogens with one attached hydrogen (secondary N) is 1. The molecule has 0 saturated heterocycles. The van der Waals surface area contributed by atoms with Crippen molar-refractivity contribution < 1.29 is 14.7 Å². The van der Waals surface area contributed by atoms with Crippen molar-refractivity contribution in [2.45, 2.75) is 45.7 Å². The fourth-order valence-corrected chi connectivity index (χ4v) is 1.87. The monoisotopic (exact) mass is 292 g/mol. The second-order valence-corrected chi connectivity index (χ2v) is 6.27. The molecule has 0 radical (unpaired) electrons. The summed E-state index contributed by atoms with van der Waals surface area (Å²) in [5, 5.41) is 11.8. The van der Waals surface area contributed by atoms with Crippen LogP contribution in [0, 0.1) is 5.41 Å². The van der Waals surface area contributed by atoms with Gasteiger partial charge in [-0.15, -0.1) is 0 Å². The number of rotatable bonds is 6. The van der Waals surface area contributed by atoms with Crippen LogP contribution in [-0.4, -0.2) is 29.1 Å². The van der Waals surface area contributed by atoms with Crippen LogP contribution in [0.1, 0.15) is 32.8 Å². The first kappa shape index (κ1) is 17.2. The number of hydrogen-bond donors (Lipinski definition) is 3. The first-order valence-corrected chi connectivity index (χ1v) is 7.04. The number of carbonyl (C=O) groups is 2. The second-order valence-electron chi connectivity index (χ2n) is 6.27. The Balaban J connectivity index is 2.62. The first-order valence-electron chi connectivity index (χ1n) is 7.04. The molecule has 1 aromatic carbocycles. The van der Waals surface area contributed by atoms with E-state index in [1.807, 2.05) is 51.1 Å². The molecule has 0 fully saturated rings. The van der Waals surface area contributed by atoms with Crippen LogP contribution in [0.15, 0.2) is 30.3 Å². The third kappa shape index (κ3) is 5.55. The fraction of sp³-hybridized carbons (Fsp3) is 0.500. The zero-order chi connectivity index (χ0) is 16.0. The van der Waals surface area contributed by atoms with Gasteiger partial charge in [-0.3, -0.25) is 4.79 Å². The number of benzene rings is 1. The minimum Gasteiger partial charge on any atom is -0.480 e. The lowest BCUT2D eigenvalue weighted by Crippen LogP contribution is -2.53. The van der Waals surface area contributed by atoms with E-state index in [0.717, 1.165) is 5.56 Å². The SMILES string of the molecule is CC(C)(C)[C@@H](N)C(=O)N[C@@H](CCc1ccccc1)C(=O)O. The number of nitrogens with two attached hydrogens (primary N) is 1. The molecule has 0 aliphatic carbocycles. The van der Waals surface area contributed by atoms with E-state index in [9.17, 15) is 14.7 Å². The summed E-state index contributed by atoms with van der Waals surface area (Å²) in [6, 6.07) is 7.91. The molecule has 1 amide bonds. The molecule has 0 aliphatic rings. The minimum absolute atomic E-state index is 0.335. The molecule has 0 aromatic heterocycles. The summed E-state index contributed by atoms with van der Waals surface area (Å²) in [5.74, 6) is -1.47. The predicted octanol–water partition coefficient (Wildman–Crippen LogP) is 1.56. The topological polar surface area (TPSA) is 92.4 Å². The summed E-state index contributed by atoms with van der Waals surface area (Å²) in [6.07, 6.45) is 0.921. The van der Waals surface area contributed by atoms with Gasteiger partial charge in [0.1, 0.15) is 6.04 Å². The van der Waals surface area contributed by atoms with Gasteiger partial charge in [-0.1, -0.05) is 51.1 Å². The number of aliphatic carboxylic acids is 1. The fourth-order valence-electron chi connectivity index (χ4n) is 1.87. The molecule has 0 saturated carbocycles. The summed E-state index contributed by atoms with van der Waals surface area (Å²) in [4.78, 5) is 23.3. The van der Waals surface area contributed by atoms with Crippen molar-refractivity contribution in [2.75, 3.05) is 0 Å². The van der Waals surface area contributed by atoms with Crippen molar-refractivity contribution >= 4 is 11.9 Å². The van der Waals surface area contributed by atoms with Crippen LogP contribution >= 0.6 is 0 Å². The van der Waals surface area contributed by atoms with Crippen molar-refractivity contribution in [3.05, 3.63) is 35.9 Å². The van der Waals surface area contributed by atoms with Gasteiger partial charge in [-0.25, -0.2) is 4.79 Å². The molecule has 0 unspecified atom stereocenters. The Hall–Kier alpha value is -1.88. The lowest BCUT2D eigenvalue weighted by molar-refractivity contribution is -0.142. The second kappa shape index (κ2) is 7.22. The highest BCUT2D eigenvalue weighted by atomic mass is 16.4. The van der Waals surface area contributed by atoms with Gasteiger partial charge < -0.3 is 16.2 Å². The van der Waals surface area contributed by atoms with Crippen molar-refractivity contribution in [2.24, 2.45) is 11.1 Å². The van der Waals surface area contributed by atoms with Crippen LogP contribution in [0.2, 0.25) is 0 Å². The van der Waals surface area contributed by atoms with E-state index < -0.39 is 29.4 Å². The number of carboxylic acids is 1. The third-order valence-electron chi connectivity index (χ3n) is 3.39. The molecule has 116 valence electrons. The standard InChI is InChI=1S/C16H24N2O3/c1-16(2,3)13(17)14(19)18-12(15(20)21)10-9-11-7-5-4-6-8-11/h4-8,12-13H,9-10,17H2,1-3H3,(H,18,19)(H,20,21)/t12-,13-/m0/s1. The van der Waals surface area contributed by atoms with Gasteiger partial charge in [-0.2, -0.15) is 0 Å². The summed E-state index contributed by atoms with van der Waals surface area (Å²) in [6.45, 7) is 5.53. The Morgan fingerprint density at radius 3 is 2.29 bits per heavy atom. The zero-order valence-electron chi connectivity index (χ0n) is 12.8. The van der Waals surface area contributed by atoms with Crippen molar-refractivity contribution in [1.82, 2.24) is 5.32 Å². The van der Waals surface area contributed by atoms with Crippen LogP contribution < -0.4 is 11.1 Å². The number of amides is 1. The Bertz CT molecular complexity index is 480. The summed E-state index contributed by atoms with van der Waals surface area (Å²) in [7, 11) is 0. The van der Waals surface area contributed by atoms with Crippen LogP contribution in [-0.2, 0) is 16.0 Å². The highest BCUT2D eigenvalue weighted by molar-refractivity contribution is 5.87. The van der Waals surface area contributed by atoms with E-state index in [2.05, 4.69) is 5.32 Å². The molecular formula is C16H24N2O3. The molecule has 1 rings (SSSR count). The van der Waals surface area contributed by atoms with E-state index in [1.54, 1.807) is 0 Å². The molecule has 0 bridgehead atoms. The number of aryl methyl sites for hydroxylation is 1. The van der Waals surface area contributed by atoms with Crippen LogP contribution in [0.5, 0.6) is 0 Å². The average Bonchev–Trinajstić information content (AvgIpc) is 2.42. The molecule has 0 spiro atoms. The van der Waals surface area contributed by atoms with E-state index in [-0.39, 0.29) is 0 Å². The predicted molar refractivity (Wildman–Crippen MR) is 81.8 cm³/mol. The lowest BCUT2D eigenvalue weighted by atomic mass is 9.86. The number of carbonyl (C=O) groups excluding carboxylic acids is 1. The van der Waals surface area contributed by atoms with Crippen molar-refractivity contribution in [1.29, 1.82) is 0 Å². The maximum absolute atomic E-state index is 12.0. The van der Waals surface area contributed by atoms with Gasteiger partial charge in [-0.05, 0) is 23.8 Å². The number of hydrogen-bond acceptors (Lipinski definition) is 3. The van der Waals surface area contributed by atoms with Crippen molar-refractivity contribution in [3.8, 4) is 0 Å². The molecule has 5 heteroatoms. The molecule has 21 heavy (non-hydrogen) atoms. The molecule has 4 N–H and O–H groups in total. The number of carboxylic acid groups (broad SMARTS) is 1. The molecular weight excluding hydrogens is 268 g/mol. The van der Waals surface area contributed by atoms with Crippen molar-refractivity contribution in [3.63, 3.8) is 0 Å². The van der Waals surface area contributed by atoms with E-state index in [1.165, 1.54) is 0 Å². The Kier molecular flexibility index (Phi) is 5.90. The summed E-state index contributed by atoms with van der Waals surface area (Å²) >= 11 is 0. The van der Waals surface area contributed by atoms with Gasteiger partial charge in [0, 0.05) is 0 Å². The smallest absolute Gasteiger partial charge is 0.326 e. The van der Waals surface area contributed by atoms with Gasteiger partial charge in [0.05, 0.1) is 6.04 Å². The van der Waals surface area contributed by atoms with E-state index in [0.29, 0.717) is 12.8 Å². The summed E-state index contributed by atoms with van der Waals surface area (Å²) in [5.41, 5.74) is 6.47. The van der Waals surface area contributed by atoms with Gasteiger partial charge in [0.25, 0.3) is 0 Å². The summed E-state index contributed by atoms with van der Waals surface area (Å²) < 4.78 is 0. The van der Waals surface area contributed by atoms with Crippen LogP contribution in [0.4, 0.5) is 0 Å². The highest BCUT2D eigenvalue weighted by Crippen LogP contribution is 2.17. The first-order chi connectivity index (χ1) is 9.71. The maximum atomic E-state index is 12.0. The van der Waals surface area contributed by atoms with E-state index >= 15 is 0 Å². The third-order valence-corrected chi connectivity index (χ3v) is 3.39. The highest BCUT2D eigenvalue weighted by Gasteiger charge is 2.30. The van der Waals surface area contributed by atoms with Gasteiger partial charge in [0.2, 0.25) is 5.91 Å². The molecule has 2 atom stereocenters. The average molecular weight is 292 g/mol. The van der Waals surface area contributed by atoms with Crippen LogP contribution in [0.3, 0.4) is 0 Å². The quantitative estimate of drug-likeness (QED) is 0.742. The van der Waals surface area contributed by atoms with Crippen LogP contribution in [0.25, 0.3) is 0 Å². The Labute approximate surface area is 125 Å². The lowest BCUT2D eigenvalue weighted by Gasteiger charge is -2.27. The largest absolute Gasteiger partial charge is 0.480 e. The van der Waals surface area contributed by atoms with Gasteiger partial charge >= 0.3 is 5.97 Å². The Morgan fingerprint density at radius 2 is 1.81 bits per heavy atom. The molecule has 0 aliphatic heterocycles.